The second-order valence-corrected chi connectivity index (χ2v) is 8.56. The van der Waals surface area contributed by atoms with Gasteiger partial charge in [-0.1, -0.05) is 30.3 Å². The van der Waals surface area contributed by atoms with Crippen LogP contribution in [-0.2, 0) is 10.0 Å². The zero-order chi connectivity index (χ0) is 20.1. The third kappa shape index (κ3) is 4.27. The minimum absolute atomic E-state index is 0.141. The first kappa shape index (κ1) is 19.7. The highest BCUT2D eigenvalue weighted by Crippen LogP contribution is 2.22. The van der Waals surface area contributed by atoms with E-state index in [0.29, 0.717) is 5.56 Å². The highest BCUT2D eigenvalue weighted by atomic mass is 32.2. The van der Waals surface area contributed by atoms with Gasteiger partial charge in [0, 0.05) is 32.1 Å². The first-order valence-corrected chi connectivity index (χ1v) is 10.1. The van der Waals surface area contributed by atoms with Gasteiger partial charge in [0.25, 0.3) is 5.91 Å². The molecule has 1 atom stereocenters. The lowest BCUT2D eigenvalue weighted by molar-refractivity contribution is 0.0943. The molecular weight excluding hydrogens is 374 g/mol. The molecular formula is C21H21N3O3S. The monoisotopic (exact) mass is 395 g/mol. The van der Waals surface area contributed by atoms with E-state index in [9.17, 15) is 13.2 Å². The van der Waals surface area contributed by atoms with Gasteiger partial charge in [-0.3, -0.25) is 9.78 Å². The van der Waals surface area contributed by atoms with Crippen molar-refractivity contribution in [3.05, 3.63) is 95.8 Å². The number of rotatable bonds is 6. The number of aromatic nitrogens is 1. The molecule has 3 aromatic rings. The maximum atomic E-state index is 12.8. The zero-order valence-corrected chi connectivity index (χ0v) is 16.4. The zero-order valence-electron chi connectivity index (χ0n) is 15.6. The summed E-state index contributed by atoms with van der Waals surface area (Å²) >= 11 is 0. The minimum atomic E-state index is -3.53. The predicted octanol–water partition coefficient (Wildman–Crippen LogP) is 2.85. The van der Waals surface area contributed by atoms with E-state index in [1.807, 2.05) is 42.5 Å². The molecule has 2 aromatic carbocycles. The first-order chi connectivity index (χ1) is 13.4. The second kappa shape index (κ2) is 8.33. The smallest absolute Gasteiger partial charge is 0.252 e. The fraction of sp³-hybridized carbons (Fsp3) is 0.143. The van der Waals surface area contributed by atoms with Crippen LogP contribution in [0.15, 0.2) is 84.0 Å². The van der Waals surface area contributed by atoms with Gasteiger partial charge in [0.05, 0.1) is 10.9 Å². The quantitative estimate of drug-likeness (QED) is 0.696. The molecule has 1 unspecified atom stereocenters. The maximum absolute atomic E-state index is 12.8. The van der Waals surface area contributed by atoms with Crippen LogP contribution in [0.1, 0.15) is 27.5 Å². The highest BCUT2D eigenvalue weighted by Gasteiger charge is 2.20. The normalized spacial score (nSPS) is 12.5. The number of nitrogens with one attached hydrogen (secondary N) is 1. The number of benzene rings is 2. The largest absolute Gasteiger partial charge is 0.341 e. The topological polar surface area (TPSA) is 79.4 Å². The van der Waals surface area contributed by atoms with Crippen LogP contribution in [0, 0.1) is 0 Å². The molecule has 1 amide bonds. The molecule has 0 aliphatic heterocycles. The van der Waals surface area contributed by atoms with E-state index >= 15 is 0 Å². The lowest BCUT2D eigenvalue weighted by atomic mass is 9.99. The molecule has 0 aliphatic carbocycles. The number of hydrogen-bond donors (Lipinski definition) is 1. The van der Waals surface area contributed by atoms with Crippen molar-refractivity contribution in [1.82, 2.24) is 14.6 Å². The van der Waals surface area contributed by atoms with Gasteiger partial charge in [0.2, 0.25) is 10.0 Å². The minimum Gasteiger partial charge on any atom is -0.341 e. The summed E-state index contributed by atoms with van der Waals surface area (Å²) in [4.78, 5) is 17.0. The Morgan fingerprint density at radius 3 is 2.04 bits per heavy atom. The Morgan fingerprint density at radius 2 is 1.46 bits per heavy atom. The summed E-state index contributed by atoms with van der Waals surface area (Å²) < 4.78 is 25.5. The summed E-state index contributed by atoms with van der Waals surface area (Å²) in [5.41, 5.74) is 2.22. The van der Waals surface area contributed by atoms with E-state index in [-0.39, 0.29) is 16.8 Å². The van der Waals surface area contributed by atoms with Gasteiger partial charge in [-0.25, -0.2) is 12.7 Å². The van der Waals surface area contributed by atoms with Crippen molar-refractivity contribution in [2.45, 2.75) is 10.9 Å². The van der Waals surface area contributed by atoms with Crippen molar-refractivity contribution in [2.75, 3.05) is 14.1 Å². The molecule has 0 radical (unpaired) electrons. The Bertz CT molecular complexity index is 996. The molecule has 0 saturated heterocycles. The Morgan fingerprint density at radius 1 is 0.893 bits per heavy atom. The first-order valence-electron chi connectivity index (χ1n) is 8.68. The Labute approximate surface area is 164 Å². The molecule has 1 aromatic heterocycles. The van der Waals surface area contributed by atoms with Gasteiger partial charge in [-0.05, 0) is 47.5 Å². The molecule has 0 fully saturated rings. The second-order valence-electron chi connectivity index (χ2n) is 6.41. The predicted molar refractivity (Wildman–Crippen MR) is 107 cm³/mol. The van der Waals surface area contributed by atoms with Crippen LogP contribution in [-0.4, -0.2) is 37.7 Å². The van der Waals surface area contributed by atoms with Gasteiger partial charge in [0.15, 0.2) is 0 Å². The molecule has 1 N–H and O–H groups in total. The highest BCUT2D eigenvalue weighted by molar-refractivity contribution is 7.89. The third-order valence-corrected chi connectivity index (χ3v) is 6.17. The molecule has 0 bridgehead atoms. The van der Waals surface area contributed by atoms with Crippen molar-refractivity contribution in [1.29, 1.82) is 0 Å². The van der Waals surface area contributed by atoms with Crippen molar-refractivity contribution in [3.8, 4) is 0 Å². The van der Waals surface area contributed by atoms with E-state index in [1.54, 1.807) is 12.4 Å². The van der Waals surface area contributed by atoms with Crippen LogP contribution in [0.3, 0.4) is 0 Å². The van der Waals surface area contributed by atoms with Gasteiger partial charge in [-0.15, -0.1) is 0 Å². The molecule has 0 aliphatic rings. The van der Waals surface area contributed by atoms with E-state index in [0.717, 1.165) is 15.4 Å². The Hall–Kier alpha value is -3.03. The van der Waals surface area contributed by atoms with Gasteiger partial charge in [-0.2, -0.15) is 0 Å². The van der Waals surface area contributed by atoms with Gasteiger partial charge in [0.1, 0.15) is 0 Å². The van der Waals surface area contributed by atoms with Gasteiger partial charge >= 0.3 is 0 Å². The number of pyridine rings is 1. The maximum Gasteiger partial charge on any atom is 0.252 e. The van der Waals surface area contributed by atoms with Crippen LogP contribution in [0.4, 0.5) is 0 Å². The number of sulfonamides is 1. The number of nitrogens with zero attached hydrogens (tertiary/aromatic N) is 2. The number of carbonyl (C=O) groups excluding carboxylic acids is 1. The number of carbonyl (C=O) groups is 1. The van der Waals surface area contributed by atoms with Crippen LogP contribution < -0.4 is 5.32 Å². The van der Waals surface area contributed by atoms with Crippen LogP contribution in [0.5, 0.6) is 0 Å². The molecule has 144 valence electrons. The summed E-state index contributed by atoms with van der Waals surface area (Å²) in [6.45, 7) is 0. The summed E-state index contributed by atoms with van der Waals surface area (Å²) in [5.74, 6) is -0.292. The van der Waals surface area contributed by atoms with E-state index in [4.69, 9.17) is 0 Å². The lowest BCUT2D eigenvalue weighted by Gasteiger charge is -2.20. The molecule has 7 heteroatoms. The van der Waals surface area contributed by atoms with E-state index in [2.05, 4.69) is 10.3 Å². The van der Waals surface area contributed by atoms with E-state index < -0.39 is 10.0 Å². The molecule has 6 nitrogen and oxygen atoms in total. The molecule has 1 heterocycles. The summed E-state index contributed by atoms with van der Waals surface area (Å²) in [6.07, 6.45) is 3.36. The SMILES string of the molecule is CN(C)S(=O)(=O)c1ccc(C(=O)NC(c2ccccc2)c2ccncc2)cc1. The van der Waals surface area contributed by atoms with Gasteiger partial charge < -0.3 is 5.32 Å². The third-order valence-electron chi connectivity index (χ3n) is 4.34. The van der Waals surface area contributed by atoms with Crippen LogP contribution in [0.2, 0.25) is 0 Å². The summed E-state index contributed by atoms with van der Waals surface area (Å²) in [5, 5.41) is 3.02. The van der Waals surface area contributed by atoms with Crippen molar-refractivity contribution in [2.24, 2.45) is 0 Å². The average Bonchev–Trinajstić information content (AvgIpc) is 2.73. The number of amides is 1. The van der Waals surface area contributed by atoms with Crippen molar-refractivity contribution < 1.29 is 13.2 Å². The molecule has 0 spiro atoms. The fourth-order valence-electron chi connectivity index (χ4n) is 2.76. The molecule has 28 heavy (non-hydrogen) atoms. The van der Waals surface area contributed by atoms with Crippen molar-refractivity contribution in [3.63, 3.8) is 0 Å². The summed E-state index contributed by atoms with van der Waals surface area (Å²) in [7, 11) is -0.599. The van der Waals surface area contributed by atoms with E-state index in [1.165, 1.54) is 38.4 Å². The van der Waals surface area contributed by atoms with Crippen molar-refractivity contribution >= 4 is 15.9 Å². The standard InChI is InChI=1S/C21H21N3O3S/c1-24(2)28(26,27)19-10-8-18(9-11-19)21(25)23-20(16-6-4-3-5-7-16)17-12-14-22-15-13-17/h3-15,20H,1-2H3,(H,23,25). The lowest BCUT2D eigenvalue weighted by Crippen LogP contribution is -2.29. The van der Waals surface area contributed by atoms with Crippen LogP contribution in [0.25, 0.3) is 0 Å². The molecule has 3 rings (SSSR count). The Balaban J connectivity index is 1.87. The Kier molecular flexibility index (Phi) is 5.87. The summed E-state index contributed by atoms with van der Waals surface area (Å²) in [6, 6.07) is 18.9. The number of hydrogen-bond acceptors (Lipinski definition) is 4. The average molecular weight is 395 g/mol. The van der Waals surface area contributed by atoms with Crippen LogP contribution >= 0.6 is 0 Å². The molecule has 0 saturated carbocycles. The fourth-order valence-corrected chi connectivity index (χ4v) is 3.67.